The predicted octanol–water partition coefficient (Wildman–Crippen LogP) is 1.06. The van der Waals surface area contributed by atoms with E-state index in [1.165, 1.54) is 0 Å². The van der Waals surface area contributed by atoms with E-state index in [-0.39, 0.29) is 4.77 Å². The number of aliphatic hydroxyl groups is 2. The highest BCUT2D eigenvalue weighted by Gasteiger charge is 2.63. The average Bonchev–Trinajstić information content (AvgIpc) is 2.74. The van der Waals surface area contributed by atoms with Crippen LogP contribution in [0.15, 0.2) is 6.20 Å². The Morgan fingerprint density at radius 3 is 2.31 bits per heavy atom. The highest BCUT2D eigenvalue weighted by molar-refractivity contribution is 7.72. The van der Waals surface area contributed by atoms with Gasteiger partial charge < -0.3 is 39.5 Å². The van der Waals surface area contributed by atoms with Gasteiger partial charge in [0.25, 0.3) is 5.85 Å². The van der Waals surface area contributed by atoms with Gasteiger partial charge in [-0.2, -0.15) is 8.62 Å². The molecule has 7 N–H and O–H groups in total. The third-order valence-corrected chi connectivity index (χ3v) is 8.18. The number of nitrogens with one attached hydrogen (secondary N) is 1. The summed E-state index contributed by atoms with van der Waals surface area (Å²) in [5.41, 5.74) is -2.56. The number of hydrogen-bond acceptors (Lipinski definition) is 11. The maximum Gasteiger partial charge on any atom is 0.490 e. The molecule has 1 aromatic rings. The largest absolute Gasteiger partial charge is 0.490 e. The molecule has 1 aliphatic rings. The van der Waals surface area contributed by atoms with Crippen LogP contribution in [0.25, 0.3) is 0 Å². The van der Waals surface area contributed by atoms with Gasteiger partial charge in [0.15, 0.2) is 16.8 Å². The van der Waals surface area contributed by atoms with E-state index in [0.717, 1.165) is 6.92 Å². The van der Waals surface area contributed by atoms with Crippen LogP contribution in [0.5, 0.6) is 0 Å². The number of phosphoric acid groups is 3. The number of alkyl halides is 1. The van der Waals surface area contributed by atoms with Gasteiger partial charge in [-0.05, 0) is 19.1 Å². The van der Waals surface area contributed by atoms with Gasteiger partial charge >= 0.3 is 23.5 Å². The van der Waals surface area contributed by atoms with E-state index in [1.54, 1.807) is 0 Å². The van der Waals surface area contributed by atoms with Gasteiger partial charge in [-0.25, -0.2) is 22.5 Å². The fourth-order valence-corrected chi connectivity index (χ4v) is 6.00. The highest BCUT2D eigenvalue weighted by Crippen LogP contribution is 2.66. The third-order valence-electron chi connectivity index (χ3n) is 3.79. The second kappa shape index (κ2) is 9.03. The maximum atomic E-state index is 15.2. The van der Waals surface area contributed by atoms with Crippen LogP contribution in [0.1, 0.15) is 13.2 Å². The molecule has 0 amide bonds. The minimum atomic E-state index is -5.89. The molecule has 2 rings (SSSR count). The lowest BCUT2D eigenvalue weighted by Crippen LogP contribution is -2.49. The first-order chi connectivity index (χ1) is 14.2. The van der Waals surface area contributed by atoms with Gasteiger partial charge in [-0.3, -0.25) is 9.09 Å². The number of phosphoric ester groups is 1. The summed E-state index contributed by atoms with van der Waals surface area (Å²) in [6.07, 6.45) is -3.86. The number of hydrogen-bond donors (Lipinski definition) is 7. The summed E-state index contributed by atoms with van der Waals surface area (Å²) in [5, 5.41) is 20.6. The van der Waals surface area contributed by atoms with Crippen molar-refractivity contribution in [3.8, 4) is 0 Å². The van der Waals surface area contributed by atoms with Crippen molar-refractivity contribution in [2.75, 3.05) is 6.61 Å². The molecule has 0 aliphatic carbocycles. The third kappa shape index (κ3) is 6.41. The number of ether oxygens (including phenoxy) is 1. The molecule has 2 heterocycles. The quantitative estimate of drug-likeness (QED) is 0.172. The zero-order valence-electron chi connectivity index (χ0n) is 15.3. The lowest BCUT2D eigenvalue weighted by Gasteiger charge is -2.28. The SMILES string of the molecule is CC1(O)[C@@H](O)[C@@](F)(COP(=O)(O)OP(=O)(O)OP(=O)(O)O)O[C@H]1n1cc(F)c(=S)[nH]c1=S. The van der Waals surface area contributed by atoms with Crippen molar-refractivity contribution in [1.82, 2.24) is 9.55 Å². The molecule has 1 aliphatic heterocycles. The lowest BCUT2D eigenvalue weighted by atomic mass is 9.95. The van der Waals surface area contributed by atoms with Crippen LogP contribution < -0.4 is 0 Å². The van der Waals surface area contributed by atoms with Crippen LogP contribution in [-0.4, -0.2) is 63.5 Å². The zero-order chi connectivity index (χ0) is 24.9. The van der Waals surface area contributed by atoms with Gasteiger partial charge in [-0.15, -0.1) is 0 Å². The molecule has 3 unspecified atom stereocenters. The molecular formula is C10H15F2N2O13P3S2. The van der Waals surface area contributed by atoms with E-state index >= 15 is 4.39 Å². The molecule has 15 nitrogen and oxygen atoms in total. The van der Waals surface area contributed by atoms with E-state index in [1.807, 2.05) is 0 Å². The van der Waals surface area contributed by atoms with Crippen LogP contribution >= 0.6 is 47.9 Å². The van der Waals surface area contributed by atoms with E-state index in [0.29, 0.717) is 10.8 Å². The first kappa shape index (κ1) is 27.9. The number of rotatable bonds is 8. The minimum absolute atomic E-state index is 0.369. The van der Waals surface area contributed by atoms with Gasteiger partial charge in [0.2, 0.25) is 0 Å². The maximum absolute atomic E-state index is 15.2. The number of halogens is 2. The fraction of sp³-hybridized carbons (Fsp3) is 0.600. The first-order valence-electron chi connectivity index (χ1n) is 7.76. The monoisotopic (exact) mass is 566 g/mol. The van der Waals surface area contributed by atoms with Crippen molar-refractivity contribution in [2.24, 2.45) is 0 Å². The van der Waals surface area contributed by atoms with Crippen LogP contribution in [-0.2, 0) is 31.6 Å². The summed E-state index contributed by atoms with van der Waals surface area (Å²) in [6.45, 7) is -0.904. The van der Waals surface area contributed by atoms with Crippen molar-refractivity contribution in [3.63, 3.8) is 0 Å². The van der Waals surface area contributed by atoms with Crippen LogP contribution in [0.2, 0.25) is 0 Å². The van der Waals surface area contributed by atoms with Gasteiger partial charge in [0.05, 0.1) is 0 Å². The molecule has 0 aromatic carbocycles. The molecule has 0 bridgehead atoms. The van der Waals surface area contributed by atoms with Crippen molar-refractivity contribution in [3.05, 3.63) is 21.4 Å². The van der Waals surface area contributed by atoms with Gasteiger partial charge in [0.1, 0.15) is 23.0 Å². The Morgan fingerprint density at radius 2 is 1.78 bits per heavy atom. The first-order valence-corrected chi connectivity index (χ1v) is 13.1. The predicted molar refractivity (Wildman–Crippen MR) is 101 cm³/mol. The van der Waals surface area contributed by atoms with Gasteiger partial charge in [-0.1, -0.05) is 12.2 Å². The molecule has 0 radical (unpaired) electrons. The molecule has 0 spiro atoms. The standard InChI is InChI=1S/C10H15F2N2O13P3S2/c1-9(16)6(15)10(12,25-7(9)14-2-4(11)5(31)13-8(14)32)3-24-29(20,21)27-30(22,23)26-28(17,18)19/h2,6-7,15-16H,3H2,1H3,(H,20,21)(H,22,23)(H,13,31,32)(H2,17,18,19)/t6-,7-,9?,10-/m1/s1. The molecule has 184 valence electrons. The van der Waals surface area contributed by atoms with Crippen LogP contribution in [0, 0.1) is 15.2 Å². The van der Waals surface area contributed by atoms with Crippen LogP contribution in [0.4, 0.5) is 8.78 Å². The van der Waals surface area contributed by atoms with Crippen molar-refractivity contribution >= 4 is 47.9 Å². The van der Waals surface area contributed by atoms with E-state index < -0.39 is 64.3 Å². The zero-order valence-corrected chi connectivity index (χ0v) is 19.7. The van der Waals surface area contributed by atoms with Crippen LogP contribution in [0.3, 0.4) is 0 Å². The molecule has 1 fully saturated rings. The summed E-state index contributed by atoms with van der Waals surface area (Å²) >= 11 is 9.51. The van der Waals surface area contributed by atoms with E-state index in [4.69, 9.17) is 31.6 Å². The Morgan fingerprint density at radius 1 is 1.22 bits per heavy atom. The Bertz CT molecular complexity index is 1150. The Kier molecular flexibility index (Phi) is 7.88. The Balaban J connectivity index is 2.26. The molecule has 1 aromatic heterocycles. The normalized spacial score (nSPS) is 32.4. The summed E-state index contributed by atoms with van der Waals surface area (Å²) < 4.78 is 78.4. The van der Waals surface area contributed by atoms with Crippen molar-refractivity contribution in [2.45, 2.75) is 30.7 Å². The molecule has 32 heavy (non-hydrogen) atoms. The number of H-pyrrole nitrogens is 1. The topological polar surface area (TPSA) is 230 Å². The van der Waals surface area contributed by atoms with E-state index in [2.05, 4.69) is 30.3 Å². The molecule has 22 heteroatoms. The smallest absolute Gasteiger partial charge is 0.384 e. The fourth-order valence-electron chi connectivity index (χ4n) is 2.50. The van der Waals surface area contributed by atoms with Crippen molar-refractivity contribution < 1.29 is 70.1 Å². The number of aliphatic hydroxyl groups excluding tert-OH is 1. The lowest BCUT2D eigenvalue weighted by molar-refractivity contribution is -0.204. The molecule has 0 saturated carbocycles. The number of aromatic nitrogens is 2. The Labute approximate surface area is 186 Å². The average molecular weight is 566 g/mol. The van der Waals surface area contributed by atoms with Gasteiger partial charge in [0, 0.05) is 6.20 Å². The number of nitrogens with zero attached hydrogens (tertiary/aromatic N) is 1. The number of aromatic amines is 1. The Hall–Kier alpha value is -0.330. The molecule has 1 saturated heterocycles. The summed E-state index contributed by atoms with van der Waals surface area (Å²) in [7, 11) is -17.3. The highest BCUT2D eigenvalue weighted by atomic mass is 32.1. The summed E-state index contributed by atoms with van der Waals surface area (Å²) in [4.78, 5) is 37.6. The summed E-state index contributed by atoms with van der Waals surface area (Å²) in [5.74, 6) is -4.58. The second-order valence-electron chi connectivity index (χ2n) is 6.39. The summed E-state index contributed by atoms with van der Waals surface area (Å²) in [6, 6.07) is 0. The minimum Gasteiger partial charge on any atom is -0.384 e. The second-order valence-corrected chi connectivity index (χ2v) is 11.6. The molecule has 6 atom stereocenters. The molecular weight excluding hydrogens is 551 g/mol. The van der Waals surface area contributed by atoms with Crippen molar-refractivity contribution in [1.29, 1.82) is 0 Å². The van der Waals surface area contributed by atoms with E-state index in [9.17, 15) is 33.2 Å².